The molecule has 1 aliphatic heterocycles. The Morgan fingerprint density at radius 3 is 2.48 bits per heavy atom. The maximum absolute atomic E-state index is 12.8. The zero-order valence-corrected chi connectivity index (χ0v) is 16.6. The van der Waals surface area contributed by atoms with Gasteiger partial charge in [0.2, 0.25) is 11.8 Å². The summed E-state index contributed by atoms with van der Waals surface area (Å²) in [5, 5.41) is 8.24. The third kappa shape index (κ3) is 5.20. The molecule has 2 rings (SSSR count). The fourth-order valence-electron chi connectivity index (χ4n) is 3.70. The Morgan fingerprint density at radius 1 is 1.22 bits per heavy atom. The van der Waals surface area contributed by atoms with E-state index in [9.17, 15) is 19.2 Å². The van der Waals surface area contributed by atoms with Gasteiger partial charge in [0.15, 0.2) is 0 Å². The summed E-state index contributed by atoms with van der Waals surface area (Å²) in [5.41, 5.74) is -0.834. The Balaban J connectivity index is 1.79. The van der Waals surface area contributed by atoms with Gasteiger partial charge < -0.3 is 16.0 Å². The second kappa shape index (κ2) is 9.19. The number of imide groups is 1. The quantitative estimate of drug-likeness (QED) is 0.552. The number of hydrogen-bond acceptors (Lipinski definition) is 4. The molecule has 1 spiro atoms. The van der Waals surface area contributed by atoms with Crippen LogP contribution in [0.3, 0.4) is 0 Å². The first-order valence-corrected chi connectivity index (χ1v) is 10.0. The lowest BCUT2D eigenvalue weighted by atomic mass is 9.75. The van der Waals surface area contributed by atoms with E-state index >= 15 is 0 Å². The Bertz CT molecular complexity index is 584. The summed E-state index contributed by atoms with van der Waals surface area (Å²) in [7, 11) is 0. The van der Waals surface area contributed by atoms with Gasteiger partial charge in [-0.1, -0.05) is 20.3 Å². The maximum atomic E-state index is 12.8. The van der Waals surface area contributed by atoms with Gasteiger partial charge in [0.1, 0.15) is 12.1 Å². The fraction of sp³-hybridized carbons (Fsp3) is 0.789. The van der Waals surface area contributed by atoms with Crippen molar-refractivity contribution in [2.75, 3.05) is 13.1 Å². The lowest BCUT2D eigenvalue weighted by molar-refractivity contribution is -0.136. The molecule has 1 saturated carbocycles. The van der Waals surface area contributed by atoms with Crippen molar-refractivity contribution in [1.82, 2.24) is 20.9 Å². The molecule has 0 bridgehead atoms. The number of hydrogen-bond donors (Lipinski definition) is 3. The fourth-order valence-corrected chi connectivity index (χ4v) is 3.70. The normalized spacial score (nSPS) is 26.0. The Morgan fingerprint density at radius 2 is 1.89 bits per heavy atom. The summed E-state index contributed by atoms with van der Waals surface area (Å²) in [5.74, 6) is -0.272. The number of urea groups is 1. The molecule has 0 aromatic heterocycles. The van der Waals surface area contributed by atoms with Crippen LogP contribution in [-0.2, 0) is 14.4 Å². The van der Waals surface area contributed by atoms with Crippen molar-refractivity contribution in [3.63, 3.8) is 0 Å². The maximum Gasteiger partial charge on any atom is 0.325 e. The van der Waals surface area contributed by atoms with Crippen LogP contribution in [0.1, 0.15) is 65.7 Å². The van der Waals surface area contributed by atoms with E-state index < -0.39 is 17.5 Å². The van der Waals surface area contributed by atoms with Crippen LogP contribution in [0.15, 0.2) is 0 Å². The van der Waals surface area contributed by atoms with E-state index in [-0.39, 0.29) is 37.4 Å². The van der Waals surface area contributed by atoms with Crippen LogP contribution < -0.4 is 16.0 Å². The Hall–Kier alpha value is -2.12. The number of rotatable bonds is 8. The lowest BCUT2D eigenvalue weighted by Gasteiger charge is -2.34. The number of carbonyl (C=O) groups excluding carboxylic acids is 4. The van der Waals surface area contributed by atoms with Crippen LogP contribution >= 0.6 is 0 Å². The first-order chi connectivity index (χ1) is 12.8. The average Bonchev–Trinajstić information content (AvgIpc) is 2.86. The van der Waals surface area contributed by atoms with Crippen LogP contribution in [0.25, 0.3) is 0 Å². The van der Waals surface area contributed by atoms with Gasteiger partial charge in [0.05, 0.1) is 0 Å². The minimum absolute atomic E-state index is 0.0955. The number of nitrogens with one attached hydrogen (secondary N) is 3. The van der Waals surface area contributed by atoms with Crippen LogP contribution in [0.5, 0.6) is 0 Å². The summed E-state index contributed by atoms with van der Waals surface area (Å²) in [6, 6.07) is -0.405. The van der Waals surface area contributed by atoms with Crippen molar-refractivity contribution in [2.24, 2.45) is 5.92 Å². The smallest absolute Gasteiger partial charge is 0.325 e. The van der Waals surface area contributed by atoms with E-state index in [1.54, 1.807) is 0 Å². The van der Waals surface area contributed by atoms with Gasteiger partial charge in [0, 0.05) is 19.0 Å². The standard InChI is InChI=1S/C19H32N4O4/c1-4-13(3)21-15(24)8-11-20-16(25)12-23-17(26)19(22-18(23)27)9-6-14(5-2)7-10-19/h13-14H,4-12H2,1-3H3,(H,20,25)(H,21,24)(H,22,27). The van der Waals surface area contributed by atoms with Crippen LogP contribution in [0, 0.1) is 5.92 Å². The van der Waals surface area contributed by atoms with E-state index in [0.29, 0.717) is 18.8 Å². The number of carbonyl (C=O) groups is 4. The molecule has 152 valence electrons. The monoisotopic (exact) mass is 380 g/mol. The SMILES string of the molecule is CCC1CCC2(CC1)NC(=O)N(CC(=O)NCCC(=O)NC(C)CC)C2=O. The number of nitrogens with zero attached hydrogens (tertiary/aromatic N) is 1. The minimum atomic E-state index is -0.834. The molecular formula is C19H32N4O4. The summed E-state index contributed by atoms with van der Waals surface area (Å²) in [6.07, 6.45) is 5.16. The van der Waals surface area contributed by atoms with E-state index in [4.69, 9.17) is 0 Å². The van der Waals surface area contributed by atoms with Gasteiger partial charge in [-0.05, 0) is 44.9 Å². The summed E-state index contributed by atoms with van der Waals surface area (Å²) in [6.45, 7) is 5.90. The molecule has 27 heavy (non-hydrogen) atoms. The van der Waals surface area contributed by atoms with Gasteiger partial charge in [-0.25, -0.2) is 4.79 Å². The highest BCUT2D eigenvalue weighted by molar-refractivity contribution is 6.09. The zero-order valence-electron chi connectivity index (χ0n) is 16.6. The molecule has 0 aromatic carbocycles. The molecule has 1 aliphatic carbocycles. The van der Waals surface area contributed by atoms with Crippen LogP contribution in [-0.4, -0.2) is 53.3 Å². The van der Waals surface area contributed by atoms with Gasteiger partial charge in [-0.3, -0.25) is 19.3 Å². The molecular weight excluding hydrogens is 348 g/mol. The highest BCUT2D eigenvalue weighted by Gasteiger charge is 2.52. The average molecular weight is 380 g/mol. The van der Waals surface area contributed by atoms with Crippen molar-refractivity contribution in [1.29, 1.82) is 0 Å². The predicted octanol–water partition coefficient (Wildman–Crippen LogP) is 1.30. The predicted molar refractivity (Wildman–Crippen MR) is 101 cm³/mol. The van der Waals surface area contributed by atoms with Crippen molar-refractivity contribution in [3.8, 4) is 0 Å². The molecule has 5 amide bonds. The first-order valence-electron chi connectivity index (χ1n) is 10.0. The second-order valence-electron chi connectivity index (χ2n) is 7.73. The van der Waals surface area contributed by atoms with Gasteiger partial charge in [-0.2, -0.15) is 0 Å². The molecule has 8 heteroatoms. The molecule has 8 nitrogen and oxygen atoms in total. The summed E-state index contributed by atoms with van der Waals surface area (Å²) >= 11 is 0. The Kier molecular flexibility index (Phi) is 7.21. The van der Waals surface area contributed by atoms with E-state index in [1.165, 1.54) is 0 Å². The van der Waals surface area contributed by atoms with Crippen LogP contribution in [0.2, 0.25) is 0 Å². The van der Waals surface area contributed by atoms with Crippen molar-refractivity contribution in [3.05, 3.63) is 0 Å². The molecule has 1 unspecified atom stereocenters. The second-order valence-corrected chi connectivity index (χ2v) is 7.73. The molecule has 0 radical (unpaired) electrons. The largest absolute Gasteiger partial charge is 0.354 e. The molecule has 1 atom stereocenters. The van der Waals surface area contributed by atoms with Crippen molar-refractivity contribution in [2.45, 2.75) is 77.3 Å². The van der Waals surface area contributed by atoms with Crippen LogP contribution in [0.4, 0.5) is 4.79 Å². The van der Waals surface area contributed by atoms with Gasteiger partial charge >= 0.3 is 6.03 Å². The molecule has 0 aromatic rings. The molecule has 2 fully saturated rings. The lowest BCUT2D eigenvalue weighted by Crippen LogP contribution is -2.50. The summed E-state index contributed by atoms with van der Waals surface area (Å²) < 4.78 is 0. The van der Waals surface area contributed by atoms with Crippen molar-refractivity contribution >= 4 is 23.8 Å². The van der Waals surface area contributed by atoms with Gasteiger partial charge in [0.25, 0.3) is 5.91 Å². The van der Waals surface area contributed by atoms with Gasteiger partial charge in [-0.15, -0.1) is 0 Å². The third-order valence-electron chi connectivity index (χ3n) is 5.78. The first kappa shape index (κ1) is 21.2. The number of amides is 5. The molecule has 3 N–H and O–H groups in total. The minimum Gasteiger partial charge on any atom is -0.354 e. The summed E-state index contributed by atoms with van der Waals surface area (Å²) in [4.78, 5) is 49.8. The highest BCUT2D eigenvalue weighted by Crippen LogP contribution is 2.37. The van der Waals surface area contributed by atoms with E-state index in [2.05, 4.69) is 22.9 Å². The topological polar surface area (TPSA) is 108 Å². The molecule has 1 heterocycles. The zero-order chi connectivity index (χ0) is 20.0. The van der Waals surface area contributed by atoms with E-state index in [1.807, 2.05) is 13.8 Å². The van der Waals surface area contributed by atoms with Crippen molar-refractivity contribution < 1.29 is 19.2 Å². The third-order valence-corrected chi connectivity index (χ3v) is 5.78. The van der Waals surface area contributed by atoms with E-state index in [0.717, 1.165) is 30.6 Å². The molecule has 2 aliphatic rings. The molecule has 1 saturated heterocycles. The highest BCUT2D eigenvalue weighted by atomic mass is 16.2. The Labute approximate surface area is 160 Å².